The second kappa shape index (κ2) is 7.72. The SMILES string of the molecule is Cc1cccc(CN2CCN(c3cc(C4CCOC4)nc(C)n3)CC2)c1. The molecule has 2 fully saturated rings. The van der Waals surface area contributed by atoms with E-state index in [0.717, 1.165) is 69.7 Å². The van der Waals surface area contributed by atoms with E-state index in [0.29, 0.717) is 5.92 Å². The van der Waals surface area contributed by atoms with Crippen LogP contribution in [0.5, 0.6) is 0 Å². The van der Waals surface area contributed by atoms with E-state index in [9.17, 15) is 0 Å². The average molecular weight is 352 g/mol. The lowest BCUT2D eigenvalue weighted by atomic mass is 10.0. The number of hydrogen-bond donors (Lipinski definition) is 0. The Balaban J connectivity index is 1.40. The average Bonchev–Trinajstić information content (AvgIpc) is 3.17. The van der Waals surface area contributed by atoms with Crippen LogP contribution in [-0.2, 0) is 11.3 Å². The molecule has 4 rings (SSSR count). The van der Waals surface area contributed by atoms with Gasteiger partial charge in [-0.15, -0.1) is 0 Å². The summed E-state index contributed by atoms with van der Waals surface area (Å²) >= 11 is 0. The van der Waals surface area contributed by atoms with Crippen LogP contribution in [0.15, 0.2) is 30.3 Å². The summed E-state index contributed by atoms with van der Waals surface area (Å²) in [4.78, 5) is 14.3. The Morgan fingerprint density at radius 1 is 1.08 bits per heavy atom. The molecule has 0 amide bonds. The zero-order chi connectivity index (χ0) is 17.9. The molecular weight excluding hydrogens is 324 g/mol. The van der Waals surface area contributed by atoms with Gasteiger partial charge in [0.1, 0.15) is 11.6 Å². The van der Waals surface area contributed by atoms with Gasteiger partial charge in [-0.3, -0.25) is 4.90 Å². The maximum Gasteiger partial charge on any atom is 0.132 e. The third kappa shape index (κ3) is 4.05. The Morgan fingerprint density at radius 3 is 2.65 bits per heavy atom. The Labute approximate surface area is 156 Å². The van der Waals surface area contributed by atoms with Crippen molar-refractivity contribution >= 4 is 5.82 Å². The van der Waals surface area contributed by atoms with E-state index in [-0.39, 0.29) is 0 Å². The molecule has 1 aromatic carbocycles. The molecule has 0 saturated carbocycles. The predicted octanol–water partition coefficient (Wildman–Crippen LogP) is 2.92. The van der Waals surface area contributed by atoms with E-state index < -0.39 is 0 Å². The molecule has 0 spiro atoms. The van der Waals surface area contributed by atoms with Crippen molar-refractivity contribution in [1.82, 2.24) is 14.9 Å². The Hall–Kier alpha value is -1.98. The molecule has 138 valence electrons. The third-order valence-electron chi connectivity index (χ3n) is 5.38. The lowest BCUT2D eigenvalue weighted by molar-refractivity contribution is 0.193. The van der Waals surface area contributed by atoms with Gasteiger partial charge in [-0.25, -0.2) is 9.97 Å². The van der Waals surface area contributed by atoms with Gasteiger partial charge in [0.2, 0.25) is 0 Å². The van der Waals surface area contributed by atoms with Crippen molar-refractivity contribution in [3.05, 3.63) is 53.0 Å². The van der Waals surface area contributed by atoms with Crippen molar-refractivity contribution in [2.45, 2.75) is 32.7 Å². The lowest BCUT2D eigenvalue weighted by Crippen LogP contribution is -2.46. The maximum atomic E-state index is 5.54. The van der Waals surface area contributed by atoms with Crippen LogP contribution in [0.2, 0.25) is 0 Å². The molecule has 2 saturated heterocycles. The normalized spacial score (nSPS) is 21.3. The highest BCUT2D eigenvalue weighted by atomic mass is 16.5. The van der Waals surface area contributed by atoms with Crippen molar-refractivity contribution in [2.24, 2.45) is 0 Å². The number of aromatic nitrogens is 2. The molecule has 2 aliphatic rings. The minimum atomic E-state index is 0.429. The van der Waals surface area contributed by atoms with E-state index >= 15 is 0 Å². The van der Waals surface area contributed by atoms with Crippen LogP contribution in [0, 0.1) is 13.8 Å². The molecule has 1 aromatic heterocycles. The minimum absolute atomic E-state index is 0.429. The molecule has 0 N–H and O–H groups in total. The molecule has 3 heterocycles. The zero-order valence-electron chi connectivity index (χ0n) is 15.8. The van der Waals surface area contributed by atoms with Crippen LogP contribution in [0.25, 0.3) is 0 Å². The van der Waals surface area contributed by atoms with Crippen molar-refractivity contribution in [3.63, 3.8) is 0 Å². The molecule has 0 radical (unpaired) electrons. The molecule has 5 heteroatoms. The molecule has 0 aliphatic carbocycles. The first-order valence-corrected chi connectivity index (χ1v) is 9.63. The lowest BCUT2D eigenvalue weighted by Gasteiger charge is -2.35. The van der Waals surface area contributed by atoms with Gasteiger partial charge in [0.15, 0.2) is 0 Å². The zero-order valence-corrected chi connectivity index (χ0v) is 15.8. The van der Waals surface area contributed by atoms with Crippen LogP contribution in [0.3, 0.4) is 0 Å². The molecule has 5 nitrogen and oxygen atoms in total. The van der Waals surface area contributed by atoms with E-state index in [4.69, 9.17) is 9.72 Å². The van der Waals surface area contributed by atoms with E-state index in [1.807, 2.05) is 6.92 Å². The topological polar surface area (TPSA) is 41.5 Å². The summed E-state index contributed by atoms with van der Waals surface area (Å²) in [5.74, 6) is 2.37. The Bertz CT molecular complexity index is 749. The van der Waals surface area contributed by atoms with Gasteiger partial charge in [0.25, 0.3) is 0 Å². The first kappa shape index (κ1) is 17.4. The molecule has 1 unspecified atom stereocenters. The molecule has 1 atom stereocenters. The minimum Gasteiger partial charge on any atom is -0.381 e. The van der Waals surface area contributed by atoms with Crippen molar-refractivity contribution in [2.75, 3.05) is 44.3 Å². The van der Waals surface area contributed by atoms with E-state index in [1.54, 1.807) is 0 Å². The van der Waals surface area contributed by atoms with Crippen LogP contribution in [-0.4, -0.2) is 54.3 Å². The maximum absolute atomic E-state index is 5.54. The fourth-order valence-corrected chi connectivity index (χ4v) is 3.92. The second-order valence-electron chi connectivity index (χ2n) is 7.51. The number of nitrogens with zero attached hydrogens (tertiary/aromatic N) is 4. The Morgan fingerprint density at radius 2 is 1.92 bits per heavy atom. The summed E-state index contributed by atoms with van der Waals surface area (Å²) < 4.78 is 5.54. The monoisotopic (exact) mass is 352 g/mol. The second-order valence-corrected chi connectivity index (χ2v) is 7.51. The van der Waals surface area contributed by atoms with Gasteiger partial charge in [-0.1, -0.05) is 29.8 Å². The highest BCUT2D eigenvalue weighted by molar-refractivity contribution is 5.41. The first-order valence-electron chi connectivity index (χ1n) is 9.63. The van der Waals surface area contributed by atoms with Crippen molar-refractivity contribution < 1.29 is 4.74 Å². The highest BCUT2D eigenvalue weighted by Crippen LogP contribution is 2.26. The number of anilines is 1. The van der Waals surface area contributed by atoms with Crippen molar-refractivity contribution in [3.8, 4) is 0 Å². The van der Waals surface area contributed by atoms with Gasteiger partial charge in [-0.05, 0) is 25.8 Å². The first-order chi connectivity index (χ1) is 12.7. The summed E-state index contributed by atoms with van der Waals surface area (Å²) in [7, 11) is 0. The number of rotatable bonds is 4. The summed E-state index contributed by atoms with van der Waals surface area (Å²) in [5, 5.41) is 0. The van der Waals surface area contributed by atoms with Crippen LogP contribution in [0.4, 0.5) is 5.82 Å². The smallest absolute Gasteiger partial charge is 0.132 e. The number of hydrogen-bond acceptors (Lipinski definition) is 5. The predicted molar refractivity (Wildman–Crippen MR) is 104 cm³/mol. The van der Waals surface area contributed by atoms with E-state index in [2.05, 4.69) is 52.0 Å². The van der Waals surface area contributed by atoms with Gasteiger partial charge < -0.3 is 9.64 Å². The standard InChI is InChI=1S/C21H28N4O/c1-16-4-3-5-18(12-16)14-24-7-9-25(10-8-24)21-13-20(22-17(2)23-21)19-6-11-26-15-19/h3-5,12-13,19H,6-11,14-15H2,1-2H3. The Kier molecular flexibility index (Phi) is 5.18. The number of benzene rings is 1. The number of ether oxygens (including phenoxy) is 1. The van der Waals surface area contributed by atoms with Gasteiger partial charge >= 0.3 is 0 Å². The molecule has 0 bridgehead atoms. The quantitative estimate of drug-likeness (QED) is 0.846. The summed E-state index contributed by atoms with van der Waals surface area (Å²) in [5.41, 5.74) is 3.88. The van der Waals surface area contributed by atoms with Crippen LogP contribution < -0.4 is 4.90 Å². The number of aryl methyl sites for hydroxylation is 2. The van der Waals surface area contributed by atoms with Gasteiger partial charge in [0.05, 0.1) is 12.3 Å². The molecule has 2 aliphatic heterocycles. The summed E-state index contributed by atoms with van der Waals surface area (Å²) in [6.07, 6.45) is 1.07. The highest BCUT2D eigenvalue weighted by Gasteiger charge is 2.23. The van der Waals surface area contributed by atoms with Gasteiger partial charge in [0, 0.05) is 51.3 Å². The largest absolute Gasteiger partial charge is 0.381 e. The van der Waals surface area contributed by atoms with E-state index in [1.165, 1.54) is 11.1 Å². The molecule has 2 aromatic rings. The summed E-state index contributed by atoms with van der Waals surface area (Å²) in [6.45, 7) is 11.0. The van der Waals surface area contributed by atoms with Crippen LogP contribution >= 0.6 is 0 Å². The summed E-state index contributed by atoms with van der Waals surface area (Å²) in [6, 6.07) is 11.0. The fourth-order valence-electron chi connectivity index (χ4n) is 3.92. The number of piperazine rings is 1. The molecular formula is C21H28N4O. The fraction of sp³-hybridized carbons (Fsp3) is 0.524. The third-order valence-corrected chi connectivity index (χ3v) is 5.38. The van der Waals surface area contributed by atoms with Crippen molar-refractivity contribution in [1.29, 1.82) is 0 Å². The van der Waals surface area contributed by atoms with Crippen LogP contribution in [0.1, 0.15) is 35.0 Å². The molecule has 26 heavy (non-hydrogen) atoms. The van der Waals surface area contributed by atoms with Gasteiger partial charge in [-0.2, -0.15) is 0 Å².